The van der Waals surface area contributed by atoms with Gasteiger partial charge in [-0.2, -0.15) is 0 Å². The summed E-state index contributed by atoms with van der Waals surface area (Å²) in [5.41, 5.74) is 1.86. The lowest BCUT2D eigenvalue weighted by Gasteiger charge is -2.31. The van der Waals surface area contributed by atoms with E-state index in [0.29, 0.717) is 39.9 Å². The third-order valence-electron chi connectivity index (χ3n) is 5.42. The molecule has 0 bridgehead atoms. The largest absolute Gasteiger partial charge is 0.497 e. The van der Waals surface area contributed by atoms with Crippen LogP contribution in [0.2, 0.25) is 5.02 Å². The summed E-state index contributed by atoms with van der Waals surface area (Å²) >= 11 is 6.40. The van der Waals surface area contributed by atoms with E-state index < -0.39 is 18.2 Å². The zero-order chi connectivity index (χ0) is 25.0. The summed E-state index contributed by atoms with van der Waals surface area (Å²) in [5.74, 6) is 0.346. The minimum absolute atomic E-state index is 0.204. The average Bonchev–Trinajstić information content (AvgIpc) is 2.88. The average molecular weight is 490 g/mol. The smallest absolute Gasteiger partial charge is 0.308 e. The van der Waals surface area contributed by atoms with Gasteiger partial charge in [-0.05, 0) is 42.7 Å². The second-order valence-electron chi connectivity index (χ2n) is 9.31. The summed E-state index contributed by atoms with van der Waals surface area (Å²) in [4.78, 5) is 27.8. The Bertz CT molecular complexity index is 1050. The lowest BCUT2D eigenvalue weighted by atomic mass is 9.94. The van der Waals surface area contributed by atoms with Crippen molar-refractivity contribution in [3.63, 3.8) is 0 Å². The van der Waals surface area contributed by atoms with Gasteiger partial charge in [-0.1, -0.05) is 32.4 Å². The molecule has 8 heteroatoms. The number of carbonyl (C=O) groups is 2. The van der Waals surface area contributed by atoms with Crippen LogP contribution >= 0.6 is 11.6 Å². The van der Waals surface area contributed by atoms with Crippen LogP contribution in [-0.2, 0) is 19.1 Å². The number of esters is 1. The first kappa shape index (κ1) is 25.8. The predicted molar refractivity (Wildman–Crippen MR) is 131 cm³/mol. The van der Waals surface area contributed by atoms with Crippen LogP contribution in [0.3, 0.4) is 0 Å². The molecule has 0 aromatic heterocycles. The van der Waals surface area contributed by atoms with Crippen molar-refractivity contribution in [3.8, 4) is 11.5 Å². The molecule has 0 radical (unpaired) electrons. The molecule has 2 atom stereocenters. The third-order valence-corrected chi connectivity index (χ3v) is 5.65. The molecule has 1 aliphatic rings. The molecule has 0 saturated heterocycles. The number of benzene rings is 2. The number of fused-ring (bicyclic) bond motifs is 1. The van der Waals surface area contributed by atoms with Gasteiger partial charge >= 0.3 is 5.97 Å². The number of nitrogens with zero attached hydrogens (tertiary/aromatic N) is 1. The maximum absolute atomic E-state index is 13.8. The zero-order valence-corrected chi connectivity index (χ0v) is 21.3. The highest BCUT2D eigenvalue weighted by atomic mass is 35.5. The van der Waals surface area contributed by atoms with Gasteiger partial charge in [0.15, 0.2) is 0 Å². The van der Waals surface area contributed by atoms with Crippen LogP contribution < -0.4 is 14.4 Å². The molecule has 2 aromatic rings. The molecule has 7 nitrogen and oxygen atoms in total. The highest BCUT2D eigenvalue weighted by molar-refractivity contribution is 6.30. The lowest BCUT2D eigenvalue weighted by molar-refractivity contribution is -0.151. The normalized spacial score (nSPS) is 18.2. The number of anilines is 1. The van der Waals surface area contributed by atoms with Crippen molar-refractivity contribution in [1.29, 1.82) is 0 Å². The van der Waals surface area contributed by atoms with Crippen LogP contribution in [0.25, 0.3) is 0 Å². The van der Waals surface area contributed by atoms with Gasteiger partial charge in [0.1, 0.15) is 23.7 Å². The topological polar surface area (TPSA) is 74.3 Å². The molecule has 0 saturated carbocycles. The van der Waals surface area contributed by atoms with Crippen molar-refractivity contribution < 1.29 is 28.5 Å². The van der Waals surface area contributed by atoms with E-state index in [4.69, 9.17) is 30.5 Å². The van der Waals surface area contributed by atoms with E-state index in [9.17, 15) is 9.59 Å². The molecule has 0 N–H and O–H groups in total. The molecule has 184 valence electrons. The molecule has 3 rings (SSSR count). The fourth-order valence-corrected chi connectivity index (χ4v) is 4.17. The van der Waals surface area contributed by atoms with E-state index in [1.54, 1.807) is 50.3 Å². The van der Waals surface area contributed by atoms with E-state index in [2.05, 4.69) is 0 Å². The predicted octanol–water partition coefficient (Wildman–Crippen LogP) is 5.18. The molecular formula is C26H32ClNO6. The van der Waals surface area contributed by atoms with E-state index in [1.165, 1.54) is 0 Å². The number of ether oxygens (including phenoxy) is 4. The van der Waals surface area contributed by atoms with Crippen LogP contribution in [0.1, 0.15) is 51.3 Å². The Balaban J connectivity index is 2.21. The highest BCUT2D eigenvalue weighted by Crippen LogP contribution is 2.44. The van der Waals surface area contributed by atoms with Crippen LogP contribution in [0.15, 0.2) is 36.4 Å². The van der Waals surface area contributed by atoms with Gasteiger partial charge in [0.2, 0.25) is 0 Å². The van der Waals surface area contributed by atoms with E-state index >= 15 is 0 Å². The van der Waals surface area contributed by atoms with E-state index in [1.807, 2.05) is 32.9 Å². The second kappa shape index (κ2) is 10.7. The number of methoxy groups -OCH3 is 2. The maximum atomic E-state index is 13.8. The fraction of sp³-hybridized carbons (Fsp3) is 0.462. The number of hydrogen-bond acceptors (Lipinski definition) is 6. The van der Waals surface area contributed by atoms with Gasteiger partial charge in [-0.15, -0.1) is 0 Å². The summed E-state index contributed by atoms with van der Waals surface area (Å²) in [6.07, 6.45) is -1.98. The Labute approximate surface area is 205 Å². The summed E-state index contributed by atoms with van der Waals surface area (Å²) in [6.45, 7) is 8.51. The van der Waals surface area contributed by atoms with E-state index in [-0.39, 0.29) is 24.3 Å². The monoisotopic (exact) mass is 489 g/mol. The number of halogens is 1. The Morgan fingerprint density at radius 2 is 1.82 bits per heavy atom. The van der Waals surface area contributed by atoms with Gasteiger partial charge in [-0.3, -0.25) is 9.59 Å². The first-order chi connectivity index (χ1) is 16.1. The van der Waals surface area contributed by atoms with Crippen LogP contribution in [-0.4, -0.2) is 45.4 Å². The van der Waals surface area contributed by atoms with Gasteiger partial charge in [0, 0.05) is 34.4 Å². The molecule has 0 unspecified atom stereocenters. The highest BCUT2D eigenvalue weighted by Gasteiger charge is 2.40. The van der Waals surface area contributed by atoms with Crippen molar-refractivity contribution in [2.45, 2.75) is 46.3 Å². The van der Waals surface area contributed by atoms with Crippen molar-refractivity contribution in [2.24, 2.45) is 5.41 Å². The lowest BCUT2D eigenvalue weighted by Crippen LogP contribution is -2.44. The number of amides is 1. The summed E-state index contributed by atoms with van der Waals surface area (Å²) in [6, 6.07) is 10.7. The van der Waals surface area contributed by atoms with Gasteiger partial charge in [-0.25, -0.2) is 0 Å². The van der Waals surface area contributed by atoms with Crippen LogP contribution in [0.4, 0.5) is 5.69 Å². The van der Waals surface area contributed by atoms with Crippen molar-refractivity contribution in [2.75, 3.05) is 32.3 Å². The van der Waals surface area contributed by atoms with Gasteiger partial charge < -0.3 is 23.8 Å². The van der Waals surface area contributed by atoms with Crippen molar-refractivity contribution in [1.82, 2.24) is 0 Å². The minimum atomic E-state index is -1.05. The number of rotatable bonds is 7. The molecule has 0 aliphatic carbocycles. The summed E-state index contributed by atoms with van der Waals surface area (Å²) < 4.78 is 22.5. The quantitative estimate of drug-likeness (QED) is 0.499. The molecule has 2 aromatic carbocycles. The first-order valence-corrected chi connectivity index (χ1v) is 11.6. The van der Waals surface area contributed by atoms with E-state index in [0.717, 1.165) is 0 Å². The number of hydrogen-bond donors (Lipinski definition) is 0. The molecule has 0 fully saturated rings. The van der Waals surface area contributed by atoms with Crippen molar-refractivity contribution in [3.05, 3.63) is 52.5 Å². The molecule has 34 heavy (non-hydrogen) atoms. The van der Waals surface area contributed by atoms with Crippen molar-refractivity contribution >= 4 is 29.2 Å². The number of carbonyl (C=O) groups excluding carboxylic acids is 2. The standard InChI is InChI=1S/C26H32ClNO6/c1-7-33-23(29)14-22-25(30)28(15-26(2,3)4)20-11-8-16(27)12-19(20)24(34-22)18-10-9-17(31-5)13-21(18)32-6/h8-13,22,24H,7,14-15H2,1-6H3/t22-,24-/m0/s1. The third kappa shape index (κ3) is 5.83. The Morgan fingerprint density at radius 3 is 2.44 bits per heavy atom. The Kier molecular flexibility index (Phi) is 8.10. The minimum Gasteiger partial charge on any atom is -0.497 e. The molecule has 0 spiro atoms. The molecule has 1 heterocycles. The first-order valence-electron chi connectivity index (χ1n) is 11.2. The molecule has 1 amide bonds. The summed E-state index contributed by atoms with van der Waals surface area (Å²) in [5, 5.41) is 0.506. The van der Waals surface area contributed by atoms with Crippen LogP contribution in [0, 0.1) is 5.41 Å². The Hall–Kier alpha value is -2.77. The van der Waals surface area contributed by atoms with Gasteiger partial charge in [0.25, 0.3) is 5.91 Å². The molecule has 1 aliphatic heterocycles. The Morgan fingerprint density at radius 1 is 1.09 bits per heavy atom. The SMILES string of the molecule is CCOC(=O)C[C@@H]1O[C@@H](c2ccc(OC)cc2OC)c2cc(Cl)ccc2N(CC(C)(C)C)C1=O. The zero-order valence-electron chi connectivity index (χ0n) is 20.5. The second-order valence-corrected chi connectivity index (χ2v) is 9.75. The summed E-state index contributed by atoms with van der Waals surface area (Å²) in [7, 11) is 3.13. The van der Waals surface area contributed by atoms with Crippen LogP contribution in [0.5, 0.6) is 11.5 Å². The fourth-order valence-electron chi connectivity index (χ4n) is 3.99. The maximum Gasteiger partial charge on any atom is 0.308 e. The molecular weight excluding hydrogens is 458 g/mol. The van der Waals surface area contributed by atoms with Gasteiger partial charge in [0.05, 0.1) is 27.2 Å².